The van der Waals surface area contributed by atoms with E-state index in [0.717, 1.165) is 11.1 Å². The number of nitrogens with one attached hydrogen (secondary N) is 1. The Balaban J connectivity index is 1.89. The Kier molecular flexibility index (Phi) is 5.02. The molecule has 0 aliphatic carbocycles. The van der Waals surface area contributed by atoms with Crippen molar-refractivity contribution in [2.24, 2.45) is 0 Å². The van der Waals surface area contributed by atoms with Crippen LogP contribution >= 0.6 is 11.3 Å². The number of aromatic nitrogens is 1. The van der Waals surface area contributed by atoms with E-state index in [2.05, 4.69) is 34.6 Å². The average Bonchev–Trinajstić information content (AvgIpc) is 3.09. The molecule has 0 aliphatic heterocycles. The van der Waals surface area contributed by atoms with Gasteiger partial charge in [-0.25, -0.2) is 4.98 Å². The second kappa shape index (κ2) is 7.37. The van der Waals surface area contributed by atoms with Crippen molar-refractivity contribution in [3.8, 4) is 0 Å². The molecule has 0 saturated heterocycles. The normalized spacial score (nSPS) is 12.3. The molecule has 5 heteroatoms. The van der Waals surface area contributed by atoms with Gasteiger partial charge in [-0.1, -0.05) is 60.7 Å². The monoisotopic (exact) mass is 326 g/mol. The first kappa shape index (κ1) is 15.7. The molecule has 3 N–H and O–H groups in total. The summed E-state index contributed by atoms with van der Waals surface area (Å²) in [5.41, 5.74) is 2.76. The maximum Gasteiger partial charge on any atom is 0.183 e. The minimum Gasteiger partial charge on any atom is -0.393 e. The summed E-state index contributed by atoms with van der Waals surface area (Å²) in [6, 6.07) is 20.3. The molecule has 0 bridgehead atoms. The van der Waals surface area contributed by atoms with Crippen LogP contribution in [0.3, 0.4) is 0 Å². The fourth-order valence-corrected chi connectivity index (χ4v) is 3.16. The maximum absolute atomic E-state index is 9.68. The maximum atomic E-state index is 9.68. The highest BCUT2D eigenvalue weighted by molar-refractivity contribution is 7.13. The molecule has 0 saturated carbocycles. The molecule has 2 aromatic carbocycles. The van der Waals surface area contributed by atoms with Gasteiger partial charge in [-0.3, -0.25) is 0 Å². The second-order valence-corrected chi connectivity index (χ2v) is 6.03. The van der Waals surface area contributed by atoms with E-state index in [4.69, 9.17) is 5.11 Å². The van der Waals surface area contributed by atoms with Crippen LogP contribution in [0.15, 0.2) is 66.0 Å². The lowest BCUT2D eigenvalue weighted by atomic mass is 9.99. The number of nitrogens with zero attached hydrogens (tertiary/aromatic N) is 1. The quantitative estimate of drug-likeness (QED) is 0.650. The van der Waals surface area contributed by atoms with Gasteiger partial charge >= 0.3 is 0 Å². The van der Waals surface area contributed by atoms with Gasteiger partial charge < -0.3 is 15.5 Å². The molecule has 3 aromatic rings. The molecule has 0 amide bonds. The number of hydrogen-bond acceptors (Lipinski definition) is 5. The Bertz CT molecular complexity index is 692. The average molecular weight is 326 g/mol. The summed E-state index contributed by atoms with van der Waals surface area (Å²) < 4.78 is 0. The Morgan fingerprint density at radius 3 is 2.04 bits per heavy atom. The van der Waals surface area contributed by atoms with Gasteiger partial charge in [0.15, 0.2) is 5.13 Å². The van der Waals surface area contributed by atoms with Crippen LogP contribution in [0.5, 0.6) is 0 Å². The predicted octanol–water partition coefficient (Wildman–Crippen LogP) is 3.37. The summed E-state index contributed by atoms with van der Waals surface area (Å²) in [4.78, 5) is 4.37. The van der Waals surface area contributed by atoms with E-state index in [-0.39, 0.29) is 12.6 Å². The highest BCUT2D eigenvalue weighted by atomic mass is 32.1. The molecule has 0 radical (unpaired) electrons. The number of benzene rings is 2. The first-order chi connectivity index (χ1) is 11.3. The Labute approximate surface area is 139 Å². The molecular formula is C18H18N2O2S. The molecule has 0 fully saturated rings. The Morgan fingerprint density at radius 1 is 0.957 bits per heavy atom. The number of aliphatic hydroxyl groups is 2. The highest BCUT2D eigenvalue weighted by Crippen LogP contribution is 2.29. The van der Waals surface area contributed by atoms with Crippen molar-refractivity contribution in [2.45, 2.75) is 12.1 Å². The van der Waals surface area contributed by atoms with Crippen LogP contribution in [0.4, 0.5) is 5.13 Å². The summed E-state index contributed by atoms with van der Waals surface area (Å²) >= 11 is 1.42. The minimum absolute atomic E-state index is 0.0253. The van der Waals surface area contributed by atoms with E-state index in [1.807, 2.05) is 36.4 Å². The number of thiazole rings is 1. The van der Waals surface area contributed by atoms with Gasteiger partial charge in [0, 0.05) is 5.38 Å². The van der Waals surface area contributed by atoms with E-state index in [0.29, 0.717) is 10.8 Å². The van der Waals surface area contributed by atoms with Gasteiger partial charge in [0.2, 0.25) is 0 Å². The third-order valence-corrected chi connectivity index (χ3v) is 4.36. The van der Waals surface area contributed by atoms with E-state index in [1.54, 1.807) is 5.38 Å². The zero-order valence-corrected chi connectivity index (χ0v) is 13.3. The summed E-state index contributed by atoms with van der Waals surface area (Å²) in [5, 5.41) is 24.6. The van der Waals surface area contributed by atoms with Crippen LogP contribution in [0.1, 0.15) is 29.0 Å². The highest BCUT2D eigenvalue weighted by Gasteiger charge is 2.17. The van der Waals surface area contributed by atoms with Gasteiger partial charge in [0.1, 0.15) is 6.10 Å². The fraction of sp³-hybridized carbons (Fsp3) is 0.167. The second-order valence-electron chi connectivity index (χ2n) is 5.17. The van der Waals surface area contributed by atoms with Crippen molar-refractivity contribution >= 4 is 16.5 Å². The Morgan fingerprint density at radius 2 is 1.52 bits per heavy atom. The topological polar surface area (TPSA) is 65.4 Å². The minimum atomic E-state index is -0.936. The van der Waals surface area contributed by atoms with Gasteiger partial charge in [0.25, 0.3) is 0 Å². The molecule has 0 spiro atoms. The van der Waals surface area contributed by atoms with Crippen molar-refractivity contribution in [3.63, 3.8) is 0 Å². The molecule has 0 aliphatic rings. The van der Waals surface area contributed by atoms with Crippen LogP contribution in [0.25, 0.3) is 0 Å². The van der Waals surface area contributed by atoms with Gasteiger partial charge in [-0.15, -0.1) is 11.3 Å². The van der Waals surface area contributed by atoms with Crippen molar-refractivity contribution in [1.29, 1.82) is 0 Å². The van der Waals surface area contributed by atoms with E-state index in [9.17, 15) is 5.11 Å². The third kappa shape index (κ3) is 3.76. The molecule has 4 nitrogen and oxygen atoms in total. The number of hydrogen-bond donors (Lipinski definition) is 3. The lowest BCUT2D eigenvalue weighted by Crippen LogP contribution is -2.12. The molecule has 23 heavy (non-hydrogen) atoms. The van der Waals surface area contributed by atoms with E-state index in [1.165, 1.54) is 11.3 Å². The smallest absolute Gasteiger partial charge is 0.183 e. The lowest BCUT2D eigenvalue weighted by Gasteiger charge is -2.19. The van der Waals surface area contributed by atoms with Crippen LogP contribution in [0.2, 0.25) is 0 Å². The first-order valence-electron chi connectivity index (χ1n) is 7.38. The van der Waals surface area contributed by atoms with Gasteiger partial charge in [-0.2, -0.15) is 0 Å². The molecule has 1 aromatic heterocycles. The molecule has 1 unspecified atom stereocenters. The molecule has 3 rings (SSSR count). The summed E-state index contributed by atoms with van der Waals surface area (Å²) in [5.74, 6) is 0. The van der Waals surface area contributed by atoms with Crippen molar-refractivity contribution < 1.29 is 10.2 Å². The number of rotatable bonds is 6. The number of anilines is 1. The molecule has 1 atom stereocenters. The number of aliphatic hydroxyl groups excluding tert-OH is 2. The van der Waals surface area contributed by atoms with E-state index < -0.39 is 6.10 Å². The van der Waals surface area contributed by atoms with Gasteiger partial charge in [0.05, 0.1) is 18.3 Å². The van der Waals surface area contributed by atoms with Crippen LogP contribution in [0, 0.1) is 0 Å². The van der Waals surface area contributed by atoms with E-state index >= 15 is 0 Å². The predicted molar refractivity (Wildman–Crippen MR) is 92.5 cm³/mol. The zero-order valence-electron chi connectivity index (χ0n) is 12.5. The summed E-state index contributed by atoms with van der Waals surface area (Å²) in [6.45, 7) is -0.329. The summed E-state index contributed by atoms with van der Waals surface area (Å²) in [6.07, 6.45) is -0.936. The largest absolute Gasteiger partial charge is 0.393 e. The van der Waals surface area contributed by atoms with Crippen molar-refractivity contribution in [2.75, 3.05) is 11.9 Å². The molecule has 1 heterocycles. The third-order valence-electron chi connectivity index (χ3n) is 3.57. The fourth-order valence-electron chi connectivity index (χ4n) is 2.37. The molecule has 118 valence electrons. The molecular weight excluding hydrogens is 308 g/mol. The van der Waals surface area contributed by atoms with Crippen LogP contribution in [-0.4, -0.2) is 21.8 Å². The van der Waals surface area contributed by atoms with Crippen molar-refractivity contribution in [3.05, 3.63) is 82.9 Å². The van der Waals surface area contributed by atoms with Crippen LogP contribution < -0.4 is 5.32 Å². The standard InChI is InChI=1S/C18H18N2O2S/c21-11-16(22)15-12-23-18(19-15)20-17(13-7-3-1-4-8-13)14-9-5-2-6-10-14/h1-10,12,16-17,21-22H,11H2,(H,19,20). The van der Waals surface area contributed by atoms with Crippen LogP contribution in [-0.2, 0) is 0 Å². The summed E-state index contributed by atoms with van der Waals surface area (Å²) in [7, 11) is 0. The first-order valence-corrected chi connectivity index (χ1v) is 8.26. The van der Waals surface area contributed by atoms with Gasteiger partial charge in [-0.05, 0) is 11.1 Å². The Hall–Kier alpha value is -2.21. The SMILES string of the molecule is OCC(O)c1csc(NC(c2ccccc2)c2ccccc2)n1. The zero-order chi connectivity index (χ0) is 16.1. The van der Waals surface area contributed by atoms with Crippen molar-refractivity contribution in [1.82, 2.24) is 4.98 Å². The lowest BCUT2D eigenvalue weighted by molar-refractivity contribution is 0.0928.